The van der Waals surface area contributed by atoms with E-state index in [1.54, 1.807) is 0 Å². The van der Waals surface area contributed by atoms with Crippen molar-refractivity contribution < 1.29 is 0 Å². The molecule has 0 atom stereocenters. The topological polar surface area (TPSA) is 26.0 Å². The van der Waals surface area contributed by atoms with Crippen molar-refractivity contribution in [3.05, 3.63) is 33.8 Å². The summed E-state index contributed by atoms with van der Waals surface area (Å²) in [6.07, 6.45) is 2.77. The summed E-state index contributed by atoms with van der Waals surface area (Å²) in [7, 11) is 0. The fourth-order valence-electron chi connectivity index (χ4n) is 1.56. The first-order valence-electron chi connectivity index (χ1n) is 5.23. The van der Waals surface area contributed by atoms with E-state index < -0.39 is 0 Å². The van der Waals surface area contributed by atoms with E-state index in [2.05, 4.69) is 13.8 Å². The van der Waals surface area contributed by atoms with E-state index in [1.807, 2.05) is 18.2 Å². The number of hydrogen-bond acceptors (Lipinski definition) is 1. The van der Waals surface area contributed by atoms with Crippen LogP contribution in [0.25, 0.3) is 0 Å². The van der Waals surface area contributed by atoms with Crippen LogP contribution >= 0.6 is 23.2 Å². The minimum atomic E-state index is -0.128. The maximum Gasteiger partial charge on any atom is 0.0595 e. The Hall–Kier alpha value is -0.240. The van der Waals surface area contributed by atoms with Crippen LogP contribution in [0.3, 0.4) is 0 Å². The fraction of sp³-hybridized carbons (Fsp3) is 0.500. The molecule has 1 rings (SSSR count). The van der Waals surface area contributed by atoms with Crippen LogP contribution in [0.1, 0.15) is 32.3 Å². The van der Waals surface area contributed by atoms with E-state index in [9.17, 15) is 0 Å². The van der Waals surface area contributed by atoms with Gasteiger partial charge in [-0.05, 0) is 37.0 Å². The van der Waals surface area contributed by atoms with Crippen LogP contribution in [0.5, 0.6) is 0 Å². The van der Waals surface area contributed by atoms with Gasteiger partial charge in [-0.3, -0.25) is 0 Å². The highest BCUT2D eigenvalue weighted by atomic mass is 35.5. The van der Waals surface area contributed by atoms with Gasteiger partial charge in [-0.15, -0.1) is 0 Å². The molecule has 0 aromatic heterocycles. The van der Waals surface area contributed by atoms with E-state index in [4.69, 9.17) is 28.9 Å². The molecule has 0 bridgehead atoms. The van der Waals surface area contributed by atoms with E-state index >= 15 is 0 Å². The maximum absolute atomic E-state index is 6.24. The number of nitrogens with two attached hydrogens (primary N) is 1. The van der Waals surface area contributed by atoms with Crippen LogP contribution in [-0.4, -0.2) is 5.54 Å². The molecule has 0 radical (unpaired) electrons. The molecule has 3 heteroatoms. The van der Waals surface area contributed by atoms with E-state index in [0.717, 1.165) is 24.8 Å². The van der Waals surface area contributed by atoms with Gasteiger partial charge in [0.15, 0.2) is 0 Å². The number of benzene rings is 1. The fourth-order valence-corrected chi connectivity index (χ4v) is 1.88. The molecule has 0 saturated heterocycles. The molecule has 0 aliphatic rings. The lowest BCUT2D eigenvalue weighted by Gasteiger charge is -2.26. The molecule has 0 heterocycles. The molecule has 15 heavy (non-hydrogen) atoms. The molecule has 0 spiro atoms. The summed E-state index contributed by atoms with van der Waals surface area (Å²) in [5.74, 6) is 0. The zero-order chi connectivity index (χ0) is 11.5. The van der Waals surface area contributed by atoms with Gasteiger partial charge in [0.05, 0.1) is 10.0 Å². The summed E-state index contributed by atoms with van der Waals surface area (Å²) in [4.78, 5) is 0. The summed E-state index contributed by atoms with van der Waals surface area (Å²) in [5, 5.41) is 1.19. The Labute approximate surface area is 102 Å². The van der Waals surface area contributed by atoms with Crippen molar-refractivity contribution >= 4 is 23.2 Å². The lowest BCUT2D eigenvalue weighted by Crippen LogP contribution is -2.40. The molecule has 1 aromatic carbocycles. The van der Waals surface area contributed by atoms with Gasteiger partial charge in [0.25, 0.3) is 0 Å². The third-order valence-corrected chi connectivity index (χ3v) is 3.69. The maximum atomic E-state index is 6.24. The predicted octanol–water partition coefficient (Wildman–Crippen LogP) is 4.05. The van der Waals surface area contributed by atoms with Crippen LogP contribution in [0.2, 0.25) is 10.0 Å². The molecule has 0 aliphatic carbocycles. The van der Waals surface area contributed by atoms with Gasteiger partial charge in [-0.2, -0.15) is 0 Å². The summed E-state index contributed by atoms with van der Waals surface area (Å²) < 4.78 is 0. The second kappa shape index (κ2) is 5.20. The van der Waals surface area contributed by atoms with Gasteiger partial charge in [0.2, 0.25) is 0 Å². The highest BCUT2D eigenvalue weighted by Crippen LogP contribution is 2.25. The zero-order valence-electron chi connectivity index (χ0n) is 9.19. The lowest BCUT2D eigenvalue weighted by atomic mass is 9.87. The second-order valence-corrected chi connectivity index (χ2v) is 4.81. The van der Waals surface area contributed by atoms with Crippen molar-refractivity contribution in [1.82, 2.24) is 0 Å². The number of rotatable bonds is 4. The van der Waals surface area contributed by atoms with Crippen molar-refractivity contribution in [2.75, 3.05) is 0 Å². The Balaban J connectivity index is 2.85. The minimum Gasteiger partial charge on any atom is -0.325 e. The zero-order valence-corrected chi connectivity index (χ0v) is 10.7. The molecule has 0 unspecified atom stereocenters. The Morgan fingerprint density at radius 1 is 1.13 bits per heavy atom. The minimum absolute atomic E-state index is 0.128. The van der Waals surface area contributed by atoms with Crippen LogP contribution in [0.15, 0.2) is 18.2 Å². The highest BCUT2D eigenvalue weighted by molar-refractivity contribution is 6.42. The van der Waals surface area contributed by atoms with E-state index in [-0.39, 0.29) is 5.54 Å². The Bertz CT molecular complexity index is 332. The second-order valence-electron chi connectivity index (χ2n) is 3.99. The van der Waals surface area contributed by atoms with Crippen LogP contribution in [0, 0.1) is 0 Å². The highest BCUT2D eigenvalue weighted by Gasteiger charge is 2.20. The Kier molecular flexibility index (Phi) is 4.45. The molecule has 2 N–H and O–H groups in total. The standard InChI is InChI=1S/C12H17Cl2N/c1-3-12(15,4-2)8-9-5-6-10(13)11(14)7-9/h5-7H,3-4,8,15H2,1-2H3. The number of halogens is 2. The first-order valence-corrected chi connectivity index (χ1v) is 5.99. The smallest absolute Gasteiger partial charge is 0.0595 e. The molecule has 0 saturated carbocycles. The quantitative estimate of drug-likeness (QED) is 0.851. The average Bonchev–Trinajstić information content (AvgIpc) is 2.23. The molecule has 0 aliphatic heterocycles. The largest absolute Gasteiger partial charge is 0.325 e. The van der Waals surface area contributed by atoms with Crippen LogP contribution < -0.4 is 5.73 Å². The normalized spacial score (nSPS) is 11.8. The summed E-state index contributed by atoms with van der Waals surface area (Å²) in [6.45, 7) is 4.22. The van der Waals surface area contributed by atoms with Gasteiger partial charge < -0.3 is 5.73 Å². The molecule has 0 fully saturated rings. The average molecular weight is 246 g/mol. The van der Waals surface area contributed by atoms with Gasteiger partial charge in [-0.25, -0.2) is 0 Å². The van der Waals surface area contributed by atoms with Gasteiger partial charge in [0.1, 0.15) is 0 Å². The van der Waals surface area contributed by atoms with E-state index in [1.165, 1.54) is 0 Å². The first-order chi connectivity index (χ1) is 7.00. The van der Waals surface area contributed by atoms with Crippen LogP contribution in [-0.2, 0) is 6.42 Å². The summed E-state index contributed by atoms with van der Waals surface area (Å²) in [6, 6.07) is 5.71. The number of hydrogen-bond donors (Lipinski definition) is 1. The van der Waals surface area contributed by atoms with Crippen molar-refractivity contribution in [3.63, 3.8) is 0 Å². The lowest BCUT2D eigenvalue weighted by molar-refractivity contribution is 0.393. The van der Waals surface area contributed by atoms with Crippen molar-refractivity contribution in [2.24, 2.45) is 5.73 Å². The van der Waals surface area contributed by atoms with Gasteiger partial charge in [0, 0.05) is 5.54 Å². The predicted molar refractivity (Wildman–Crippen MR) is 67.7 cm³/mol. The van der Waals surface area contributed by atoms with Gasteiger partial charge >= 0.3 is 0 Å². The molecule has 84 valence electrons. The Morgan fingerprint density at radius 2 is 1.73 bits per heavy atom. The molecular weight excluding hydrogens is 229 g/mol. The monoisotopic (exact) mass is 245 g/mol. The molecule has 1 aromatic rings. The SMILES string of the molecule is CCC(N)(CC)Cc1ccc(Cl)c(Cl)c1. The van der Waals surface area contributed by atoms with E-state index in [0.29, 0.717) is 10.0 Å². The third-order valence-electron chi connectivity index (χ3n) is 2.95. The molecule has 0 amide bonds. The van der Waals surface area contributed by atoms with Gasteiger partial charge in [-0.1, -0.05) is 43.1 Å². The van der Waals surface area contributed by atoms with Crippen LogP contribution in [0.4, 0.5) is 0 Å². The van der Waals surface area contributed by atoms with Crippen molar-refractivity contribution in [3.8, 4) is 0 Å². The van der Waals surface area contributed by atoms with Crippen molar-refractivity contribution in [1.29, 1.82) is 0 Å². The third kappa shape index (κ3) is 3.37. The Morgan fingerprint density at radius 3 is 2.20 bits per heavy atom. The molecular formula is C12H17Cl2N. The summed E-state index contributed by atoms with van der Waals surface area (Å²) >= 11 is 11.8. The first kappa shape index (κ1) is 12.8. The molecule has 1 nitrogen and oxygen atoms in total. The summed E-state index contributed by atoms with van der Waals surface area (Å²) in [5.41, 5.74) is 7.26. The van der Waals surface area contributed by atoms with Crippen molar-refractivity contribution in [2.45, 2.75) is 38.6 Å².